The standard InChI is InChI=1S/C12H22N2O3/c1-4-8(2)14(7-11(15)16)12(17)9(3)10-5-13-6-10/h8-10,13H,4-7H2,1-3H3,(H,15,16). The Labute approximate surface area is 102 Å². The first kappa shape index (κ1) is 14.0. The average Bonchev–Trinajstić information content (AvgIpc) is 2.21. The summed E-state index contributed by atoms with van der Waals surface area (Å²) in [5.74, 6) is -0.724. The van der Waals surface area contributed by atoms with Crippen LogP contribution in [0.3, 0.4) is 0 Å². The second-order valence-corrected chi connectivity index (χ2v) is 4.82. The van der Waals surface area contributed by atoms with Crippen LogP contribution in [0.4, 0.5) is 0 Å². The number of carbonyl (C=O) groups is 2. The number of hydrogen-bond acceptors (Lipinski definition) is 3. The van der Waals surface area contributed by atoms with E-state index in [2.05, 4.69) is 5.32 Å². The van der Waals surface area contributed by atoms with Gasteiger partial charge in [0.2, 0.25) is 5.91 Å². The lowest BCUT2D eigenvalue weighted by Crippen LogP contribution is -2.52. The molecule has 0 bridgehead atoms. The van der Waals surface area contributed by atoms with Gasteiger partial charge in [0, 0.05) is 12.0 Å². The molecule has 2 N–H and O–H groups in total. The molecule has 0 aromatic rings. The summed E-state index contributed by atoms with van der Waals surface area (Å²) in [5, 5.41) is 12.0. The van der Waals surface area contributed by atoms with E-state index in [-0.39, 0.29) is 24.4 Å². The Hall–Kier alpha value is -1.10. The van der Waals surface area contributed by atoms with Crippen LogP contribution in [-0.4, -0.2) is 47.6 Å². The van der Waals surface area contributed by atoms with Crippen LogP contribution in [-0.2, 0) is 9.59 Å². The Bertz CT molecular complexity index is 289. The Morgan fingerprint density at radius 2 is 2.00 bits per heavy atom. The molecule has 0 radical (unpaired) electrons. The zero-order valence-electron chi connectivity index (χ0n) is 10.8. The molecule has 5 heteroatoms. The second-order valence-electron chi connectivity index (χ2n) is 4.82. The molecule has 98 valence electrons. The van der Waals surface area contributed by atoms with Crippen LogP contribution >= 0.6 is 0 Å². The molecule has 0 aliphatic carbocycles. The molecule has 1 aliphatic rings. The zero-order chi connectivity index (χ0) is 13.0. The molecule has 1 heterocycles. The van der Waals surface area contributed by atoms with E-state index in [1.807, 2.05) is 20.8 Å². The van der Waals surface area contributed by atoms with Gasteiger partial charge in [0.1, 0.15) is 6.54 Å². The highest BCUT2D eigenvalue weighted by Crippen LogP contribution is 2.20. The summed E-state index contributed by atoms with van der Waals surface area (Å²) >= 11 is 0. The highest BCUT2D eigenvalue weighted by atomic mass is 16.4. The fourth-order valence-corrected chi connectivity index (χ4v) is 1.94. The van der Waals surface area contributed by atoms with Crippen molar-refractivity contribution in [2.24, 2.45) is 11.8 Å². The summed E-state index contributed by atoms with van der Waals surface area (Å²) in [4.78, 5) is 24.5. The normalized spacial score (nSPS) is 19.2. The number of carboxylic acid groups (broad SMARTS) is 1. The van der Waals surface area contributed by atoms with Crippen molar-refractivity contribution in [3.8, 4) is 0 Å². The Balaban J connectivity index is 2.66. The number of carbonyl (C=O) groups excluding carboxylic acids is 1. The lowest BCUT2D eigenvalue weighted by Gasteiger charge is -2.36. The van der Waals surface area contributed by atoms with Crippen molar-refractivity contribution < 1.29 is 14.7 Å². The van der Waals surface area contributed by atoms with Gasteiger partial charge >= 0.3 is 5.97 Å². The summed E-state index contributed by atoms with van der Waals surface area (Å²) in [6.45, 7) is 7.26. The maximum absolute atomic E-state index is 12.2. The minimum absolute atomic E-state index is 0.0194. The first-order valence-electron chi connectivity index (χ1n) is 6.20. The van der Waals surface area contributed by atoms with E-state index < -0.39 is 5.97 Å². The number of aliphatic carboxylic acids is 1. The summed E-state index contributed by atoms with van der Waals surface area (Å²) in [6.07, 6.45) is 0.772. The van der Waals surface area contributed by atoms with E-state index >= 15 is 0 Å². The maximum Gasteiger partial charge on any atom is 0.323 e. The first-order valence-corrected chi connectivity index (χ1v) is 6.20. The van der Waals surface area contributed by atoms with Crippen molar-refractivity contribution >= 4 is 11.9 Å². The quantitative estimate of drug-likeness (QED) is 0.714. The van der Waals surface area contributed by atoms with Crippen molar-refractivity contribution in [2.45, 2.75) is 33.2 Å². The lowest BCUT2D eigenvalue weighted by molar-refractivity contribution is -0.149. The molecule has 0 aromatic heterocycles. The minimum Gasteiger partial charge on any atom is -0.480 e. The molecule has 1 rings (SSSR count). The Morgan fingerprint density at radius 1 is 1.41 bits per heavy atom. The molecule has 1 aliphatic heterocycles. The molecule has 2 unspecified atom stereocenters. The summed E-state index contributed by atoms with van der Waals surface area (Å²) in [6, 6.07) is -0.0194. The van der Waals surface area contributed by atoms with Gasteiger partial charge in [-0.25, -0.2) is 0 Å². The van der Waals surface area contributed by atoms with Gasteiger partial charge in [-0.1, -0.05) is 13.8 Å². The molecule has 1 saturated heterocycles. The van der Waals surface area contributed by atoms with Gasteiger partial charge in [-0.3, -0.25) is 9.59 Å². The van der Waals surface area contributed by atoms with E-state index in [0.29, 0.717) is 5.92 Å². The number of nitrogens with zero attached hydrogens (tertiary/aromatic N) is 1. The predicted molar refractivity (Wildman–Crippen MR) is 64.6 cm³/mol. The molecular formula is C12H22N2O3. The van der Waals surface area contributed by atoms with Crippen molar-refractivity contribution in [1.82, 2.24) is 10.2 Å². The molecule has 2 atom stereocenters. The van der Waals surface area contributed by atoms with Crippen LogP contribution < -0.4 is 5.32 Å². The average molecular weight is 242 g/mol. The van der Waals surface area contributed by atoms with Crippen LogP contribution in [0.25, 0.3) is 0 Å². The van der Waals surface area contributed by atoms with E-state index in [1.165, 1.54) is 4.90 Å². The number of carboxylic acids is 1. The summed E-state index contributed by atoms with van der Waals surface area (Å²) < 4.78 is 0. The molecule has 5 nitrogen and oxygen atoms in total. The molecular weight excluding hydrogens is 220 g/mol. The van der Waals surface area contributed by atoms with Crippen molar-refractivity contribution in [3.05, 3.63) is 0 Å². The van der Waals surface area contributed by atoms with Gasteiger partial charge in [-0.15, -0.1) is 0 Å². The van der Waals surface area contributed by atoms with E-state index in [9.17, 15) is 9.59 Å². The van der Waals surface area contributed by atoms with Crippen molar-refractivity contribution in [2.75, 3.05) is 19.6 Å². The monoisotopic (exact) mass is 242 g/mol. The third-order valence-electron chi connectivity index (χ3n) is 3.62. The van der Waals surface area contributed by atoms with Crippen LogP contribution in [0.2, 0.25) is 0 Å². The van der Waals surface area contributed by atoms with E-state index in [4.69, 9.17) is 5.11 Å². The third-order valence-corrected chi connectivity index (χ3v) is 3.62. The minimum atomic E-state index is -0.947. The van der Waals surface area contributed by atoms with E-state index in [1.54, 1.807) is 0 Å². The van der Waals surface area contributed by atoms with Gasteiger partial charge in [-0.2, -0.15) is 0 Å². The largest absolute Gasteiger partial charge is 0.480 e. The maximum atomic E-state index is 12.2. The molecule has 0 spiro atoms. The van der Waals surface area contributed by atoms with Gasteiger partial charge in [0.15, 0.2) is 0 Å². The lowest BCUT2D eigenvalue weighted by atomic mass is 9.87. The number of rotatable bonds is 6. The molecule has 0 saturated carbocycles. The van der Waals surface area contributed by atoms with Crippen LogP contribution in [0.15, 0.2) is 0 Å². The highest BCUT2D eigenvalue weighted by Gasteiger charge is 2.33. The van der Waals surface area contributed by atoms with Gasteiger partial charge in [0.25, 0.3) is 0 Å². The smallest absolute Gasteiger partial charge is 0.323 e. The highest BCUT2D eigenvalue weighted by molar-refractivity contribution is 5.83. The zero-order valence-corrected chi connectivity index (χ0v) is 10.8. The van der Waals surface area contributed by atoms with E-state index in [0.717, 1.165) is 19.5 Å². The molecule has 17 heavy (non-hydrogen) atoms. The van der Waals surface area contributed by atoms with Gasteiger partial charge in [0.05, 0.1) is 0 Å². The second kappa shape index (κ2) is 6.00. The fraction of sp³-hybridized carbons (Fsp3) is 0.833. The van der Waals surface area contributed by atoms with Crippen molar-refractivity contribution in [1.29, 1.82) is 0 Å². The summed E-state index contributed by atoms with van der Waals surface area (Å²) in [7, 11) is 0. The number of hydrogen-bond donors (Lipinski definition) is 2. The third kappa shape index (κ3) is 3.43. The van der Waals surface area contributed by atoms with Gasteiger partial charge < -0.3 is 15.3 Å². The fourth-order valence-electron chi connectivity index (χ4n) is 1.94. The summed E-state index contributed by atoms with van der Waals surface area (Å²) in [5.41, 5.74) is 0. The van der Waals surface area contributed by atoms with Crippen molar-refractivity contribution in [3.63, 3.8) is 0 Å². The first-order chi connectivity index (χ1) is 7.97. The molecule has 0 aromatic carbocycles. The molecule has 1 amide bonds. The van der Waals surface area contributed by atoms with Gasteiger partial charge in [-0.05, 0) is 32.4 Å². The Kier molecular flexibility index (Phi) is 4.93. The SMILES string of the molecule is CCC(C)N(CC(=O)O)C(=O)C(C)C1CNC1. The van der Waals surface area contributed by atoms with Crippen LogP contribution in [0, 0.1) is 11.8 Å². The topological polar surface area (TPSA) is 69.6 Å². The molecule has 1 fully saturated rings. The number of nitrogens with one attached hydrogen (secondary N) is 1. The Morgan fingerprint density at radius 3 is 2.35 bits per heavy atom. The number of amides is 1. The van der Waals surface area contributed by atoms with Crippen LogP contribution in [0.5, 0.6) is 0 Å². The predicted octanol–water partition coefficient (Wildman–Crippen LogP) is 0.554. The van der Waals surface area contributed by atoms with Crippen LogP contribution in [0.1, 0.15) is 27.2 Å².